The van der Waals surface area contributed by atoms with Crippen LogP contribution in [-0.2, 0) is 9.59 Å². The Morgan fingerprint density at radius 1 is 0.912 bits per heavy atom. The van der Waals surface area contributed by atoms with Crippen LogP contribution in [0.3, 0.4) is 0 Å². The summed E-state index contributed by atoms with van der Waals surface area (Å²) in [5.41, 5.74) is 0.461. The molecule has 1 aromatic carbocycles. The maximum Gasteiger partial charge on any atom is 0.253 e. The Balaban J connectivity index is 1.16. The van der Waals surface area contributed by atoms with E-state index in [1.54, 1.807) is 0 Å². The van der Waals surface area contributed by atoms with Crippen molar-refractivity contribution in [3.8, 4) is 0 Å². The number of carbonyl (C=O) groups is 3. The maximum atomic E-state index is 13.5. The minimum absolute atomic E-state index is 0.0256. The summed E-state index contributed by atoms with van der Waals surface area (Å²) in [6.07, 6.45) is 8.38. The summed E-state index contributed by atoms with van der Waals surface area (Å²) in [5, 5.41) is 6.38. The van der Waals surface area contributed by atoms with Gasteiger partial charge >= 0.3 is 0 Å². The molecule has 6 nitrogen and oxygen atoms in total. The molecule has 4 bridgehead atoms. The lowest BCUT2D eigenvalue weighted by molar-refractivity contribution is -0.149. The minimum atomic E-state index is -0.510. The maximum absolute atomic E-state index is 13.5. The lowest BCUT2D eigenvalue weighted by atomic mass is 9.49. The molecule has 1 aromatic rings. The van der Waals surface area contributed by atoms with Gasteiger partial charge in [0.15, 0.2) is 0 Å². The molecule has 4 aliphatic carbocycles. The van der Waals surface area contributed by atoms with E-state index >= 15 is 0 Å². The van der Waals surface area contributed by atoms with Crippen LogP contribution < -0.4 is 10.6 Å². The summed E-state index contributed by atoms with van der Waals surface area (Å²) in [7, 11) is 0. The standard InChI is InChI=1S/C28H39N3O3/c1-18(2)24(30-27(34)28-15-19-12-20(16-28)14-21(13-19)17-28)25(32)29-23-8-10-31(11-9-23)26(33)22-6-4-3-5-7-22/h3-7,18-21,23-24H,8-17H2,1-2H3,(H,29,32)(H,30,34). The molecule has 4 saturated carbocycles. The first kappa shape index (κ1) is 23.4. The minimum Gasteiger partial charge on any atom is -0.351 e. The highest BCUT2D eigenvalue weighted by molar-refractivity contribution is 5.94. The van der Waals surface area contributed by atoms with Crippen molar-refractivity contribution < 1.29 is 14.4 Å². The Morgan fingerprint density at radius 2 is 1.47 bits per heavy atom. The van der Waals surface area contributed by atoms with E-state index in [9.17, 15) is 14.4 Å². The summed E-state index contributed by atoms with van der Waals surface area (Å²) in [5.74, 6) is 2.21. The highest BCUT2D eigenvalue weighted by atomic mass is 16.2. The van der Waals surface area contributed by atoms with Crippen molar-refractivity contribution in [2.75, 3.05) is 13.1 Å². The van der Waals surface area contributed by atoms with Gasteiger partial charge in [-0.3, -0.25) is 14.4 Å². The number of benzene rings is 1. The number of piperidine rings is 1. The van der Waals surface area contributed by atoms with Crippen LogP contribution in [0, 0.1) is 29.1 Å². The van der Waals surface area contributed by atoms with Gasteiger partial charge in [0.05, 0.1) is 0 Å². The average molecular weight is 466 g/mol. The van der Waals surface area contributed by atoms with Gasteiger partial charge in [-0.1, -0.05) is 32.0 Å². The van der Waals surface area contributed by atoms with Gasteiger partial charge in [-0.2, -0.15) is 0 Å². The van der Waals surface area contributed by atoms with Crippen LogP contribution in [0.4, 0.5) is 0 Å². The number of hydrogen-bond donors (Lipinski definition) is 2. The molecule has 34 heavy (non-hydrogen) atoms. The van der Waals surface area contributed by atoms with Crippen molar-refractivity contribution >= 4 is 17.7 Å². The van der Waals surface area contributed by atoms with Crippen LogP contribution in [0.15, 0.2) is 30.3 Å². The molecule has 5 fully saturated rings. The third-order valence-corrected chi connectivity index (χ3v) is 8.90. The van der Waals surface area contributed by atoms with E-state index in [-0.39, 0.29) is 35.1 Å². The lowest BCUT2D eigenvalue weighted by Crippen LogP contribution is -2.59. The van der Waals surface area contributed by atoms with Crippen LogP contribution in [0.5, 0.6) is 0 Å². The second kappa shape index (κ2) is 9.35. The van der Waals surface area contributed by atoms with Crippen LogP contribution in [0.25, 0.3) is 0 Å². The molecule has 0 radical (unpaired) electrons. The molecule has 1 unspecified atom stereocenters. The van der Waals surface area contributed by atoms with Gasteiger partial charge in [0.1, 0.15) is 6.04 Å². The van der Waals surface area contributed by atoms with Gasteiger partial charge < -0.3 is 15.5 Å². The average Bonchev–Trinajstić information content (AvgIpc) is 2.82. The zero-order chi connectivity index (χ0) is 23.9. The van der Waals surface area contributed by atoms with Gasteiger partial charge in [-0.15, -0.1) is 0 Å². The Kier molecular flexibility index (Phi) is 6.43. The predicted octanol–water partition coefficient (Wildman–Crippen LogP) is 3.76. The molecule has 5 aliphatic rings. The van der Waals surface area contributed by atoms with E-state index in [1.165, 1.54) is 19.3 Å². The Morgan fingerprint density at radius 3 is 2.00 bits per heavy atom. The summed E-state index contributed by atoms with van der Waals surface area (Å²) in [6, 6.07) is 8.88. The molecule has 1 saturated heterocycles. The fourth-order valence-electron chi connectivity index (χ4n) is 7.50. The Bertz CT molecular complexity index is 885. The molecular formula is C28H39N3O3. The third-order valence-electron chi connectivity index (χ3n) is 8.90. The molecule has 184 valence electrons. The molecule has 3 amide bonds. The van der Waals surface area contributed by atoms with E-state index in [0.717, 1.165) is 32.1 Å². The van der Waals surface area contributed by atoms with Crippen molar-refractivity contribution in [3.63, 3.8) is 0 Å². The molecule has 0 spiro atoms. The van der Waals surface area contributed by atoms with Crippen LogP contribution in [0.1, 0.15) is 75.6 Å². The molecule has 1 aliphatic heterocycles. The number of likely N-dealkylation sites (tertiary alicyclic amines) is 1. The van der Waals surface area contributed by atoms with Crippen molar-refractivity contribution in [1.29, 1.82) is 0 Å². The van der Waals surface area contributed by atoms with Crippen LogP contribution in [0.2, 0.25) is 0 Å². The first-order valence-corrected chi connectivity index (χ1v) is 13.3. The number of hydrogen-bond acceptors (Lipinski definition) is 3. The Hall–Kier alpha value is -2.37. The second-order valence-corrected chi connectivity index (χ2v) is 11.8. The monoisotopic (exact) mass is 465 g/mol. The van der Waals surface area contributed by atoms with Gasteiger partial charge in [-0.25, -0.2) is 0 Å². The van der Waals surface area contributed by atoms with Gasteiger partial charge in [0.25, 0.3) is 5.91 Å². The third kappa shape index (κ3) is 4.60. The fraction of sp³-hybridized carbons (Fsp3) is 0.679. The molecule has 2 N–H and O–H groups in total. The van der Waals surface area contributed by atoms with Crippen molar-refractivity contribution in [2.45, 2.75) is 77.3 Å². The van der Waals surface area contributed by atoms with Crippen molar-refractivity contribution in [2.24, 2.45) is 29.1 Å². The summed E-state index contributed by atoms with van der Waals surface area (Å²) in [4.78, 5) is 41.3. The SMILES string of the molecule is CC(C)C(NC(=O)C12CC3CC(CC(C3)C1)C2)C(=O)NC1CCN(C(=O)c2ccccc2)CC1. The first-order chi connectivity index (χ1) is 16.3. The summed E-state index contributed by atoms with van der Waals surface area (Å²) < 4.78 is 0. The molecule has 6 rings (SSSR count). The molecule has 1 atom stereocenters. The molecular weight excluding hydrogens is 426 g/mol. The molecule has 6 heteroatoms. The number of rotatable bonds is 6. The number of amides is 3. The number of nitrogens with zero attached hydrogens (tertiary/aromatic N) is 1. The van der Waals surface area contributed by atoms with Gasteiger partial charge in [-0.05, 0) is 87.2 Å². The van der Waals surface area contributed by atoms with E-state index < -0.39 is 6.04 Å². The van der Waals surface area contributed by atoms with E-state index in [1.807, 2.05) is 49.1 Å². The predicted molar refractivity (Wildman–Crippen MR) is 131 cm³/mol. The highest BCUT2D eigenvalue weighted by Crippen LogP contribution is 2.60. The van der Waals surface area contributed by atoms with Crippen LogP contribution >= 0.6 is 0 Å². The zero-order valence-electron chi connectivity index (χ0n) is 20.6. The largest absolute Gasteiger partial charge is 0.351 e. The number of carbonyl (C=O) groups excluding carboxylic acids is 3. The summed E-state index contributed by atoms with van der Waals surface area (Å²) >= 11 is 0. The van der Waals surface area contributed by atoms with Gasteiger partial charge in [0, 0.05) is 30.1 Å². The van der Waals surface area contributed by atoms with Crippen molar-refractivity contribution in [1.82, 2.24) is 15.5 Å². The second-order valence-electron chi connectivity index (χ2n) is 11.8. The zero-order valence-corrected chi connectivity index (χ0v) is 20.6. The van der Waals surface area contributed by atoms with E-state index in [2.05, 4.69) is 10.6 Å². The normalized spacial score (nSPS) is 31.4. The Labute approximate surface area is 203 Å². The highest BCUT2D eigenvalue weighted by Gasteiger charge is 2.55. The first-order valence-electron chi connectivity index (χ1n) is 13.3. The van der Waals surface area contributed by atoms with E-state index in [0.29, 0.717) is 36.4 Å². The quantitative estimate of drug-likeness (QED) is 0.671. The lowest BCUT2D eigenvalue weighted by Gasteiger charge is -2.55. The number of nitrogens with one attached hydrogen (secondary N) is 2. The smallest absolute Gasteiger partial charge is 0.253 e. The topological polar surface area (TPSA) is 78.5 Å². The van der Waals surface area contributed by atoms with Crippen LogP contribution in [-0.4, -0.2) is 47.8 Å². The fourth-order valence-corrected chi connectivity index (χ4v) is 7.50. The van der Waals surface area contributed by atoms with Crippen molar-refractivity contribution in [3.05, 3.63) is 35.9 Å². The molecule has 1 heterocycles. The summed E-state index contributed by atoms with van der Waals surface area (Å²) in [6.45, 7) is 5.27. The van der Waals surface area contributed by atoms with Gasteiger partial charge in [0.2, 0.25) is 11.8 Å². The molecule has 0 aromatic heterocycles. The van der Waals surface area contributed by atoms with E-state index in [4.69, 9.17) is 0 Å².